The minimum Gasteiger partial charge on any atom is -0.369 e. The van der Waals surface area contributed by atoms with Crippen molar-refractivity contribution in [2.24, 2.45) is 17.4 Å². The molecule has 2 fully saturated rings. The molecule has 0 aromatic heterocycles. The second kappa shape index (κ2) is 4.05. The van der Waals surface area contributed by atoms with Crippen molar-refractivity contribution in [2.75, 3.05) is 13.1 Å². The quantitative estimate of drug-likeness (QED) is 0.684. The topological polar surface area (TPSA) is 89.4 Å². The first-order chi connectivity index (χ1) is 7.50. The Morgan fingerprint density at radius 1 is 1.38 bits per heavy atom. The molecule has 2 rings (SSSR count). The zero-order valence-electron chi connectivity index (χ0n) is 9.45. The Kier molecular flexibility index (Phi) is 2.88. The van der Waals surface area contributed by atoms with E-state index in [-0.39, 0.29) is 23.3 Å². The van der Waals surface area contributed by atoms with Crippen LogP contribution in [0.25, 0.3) is 0 Å². The maximum Gasteiger partial charge on any atom is 0.224 e. The summed E-state index contributed by atoms with van der Waals surface area (Å²) in [4.78, 5) is 24.6. The van der Waals surface area contributed by atoms with Crippen LogP contribution in [0.15, 0.2) is 0 Å². The third kappa shape index (κ3) is 2.19. The number of amides is 2. The van der Waals surface area contributed by atoms with Gasteiger partial charge in [-0.3, -0.25) is 9.59 Å². The van der Waals surface area contributed by atoms with Crippen molar-refractivity contribution in [3.05, 3.63) is 0 Å². The third-order valence-electron chi connectivity index (χ3n) is 3.80. The Morgan fingerprint density at radius 3 is 2.50 bits per heavy atom. The van der Waals surface area contributed by atoms with Gasteiger partial charge in [-0.25, -0.2) is 0 Å². The van der Waals surface area contributed by atoms with Crippen LogP contribution in [0.2, 0.25) is 0 Å². The van der Waals surface area contributed by atoms with Crippen molar-refractivity contribution in [1.82, 2.24) is 4.90 Å². The predicted octanol–water partition coefficient (Wildman–Crippen LogP) is -0.408. The maximum absolute atomic E-state index is 11.9. The summed E-state index contributed by atoms with van der Waals surface area (Å²) < 4.78 is 0. The van der Waals surface area contributed by atoms with E-state index in [1.165, 1.54) is 0 Å². The first-order valence-electron chi connectivity index (χ1n) is 5.86. The highest BCUT2D eigenvalue weighted by molar-refractivity contribution is 5.81. The van der Waals surface area contributed by atoms with E-state index >= 15 is 0 Å². The summed E-state index contributed by atoms with van der Waals surface area (Å²) in [7, 11) is 0. The van der Waals surface area contributed by atoms with Gasteiger partial charge in [-0.1, -0.05) is 0 Å². The minimum absolute atomic E-state index is 0.0750. The molecule has 1 saturated carbocycles. The van der Waals surface area contributed by atoms with Gasteiger partial charge in [-0.05, 0) is 25.7 Å². The van der Waals surface area contributed by atoms with Gasteiger partial charge in [0, 0.05) is 25.0 Å². The summed E-state index contributed by atoms with van der Waals surface area (Å²) in [6.07, 6.45) is 4.10. The molecule has 0 aromatic rings. The molecule has 0 aromatic carbocycles. The number of rotatable bonds is 3. The van der Waals surface area contributed by atoms with E-state index in [1.807, 2.05) is 0 Å². The Labute approximate surface area is 95.1 Å². The molecule has 1 aliphatic heterocycles. The number of primary amides is 1. The van der Waals surface area contributed by atoms with E-state index < -0.39 is 0 Å². The van der Waals surface area contributed by atoms with Crippen LogP contribution < -0.4 is 11.5 Å². The van der Waals surface area contributed by atoms with Crippen molar-refractivity contribution in [3.63, 3.8) is 0 Å². The standard InChI is InChI=1S/C11H19N3O2/c12-10(16)8-2-5-14(7-8)9(15)6-11(13)3-1-4-11/h8H,1-7,13H2,(H2,12,16). The molecule has 90 valence electrons. The van der Waals surface area contributed by atoms with Gasteiger partial charge in [0.05, 0.1) is 5.92 Å². The van der Waals surface area contributed by atoms with Gasteiger partial charge >= 0.3 is 0 Å². The van der Waals surface area contributed by atoms with Crippen LogP contribution in [0.1, 0.15) is 32.1 Å². The fraction of sp³-hybridized carbons (Fsp3) is 0.818. The highest BCUT2D eigenvalue weighted by Gasteiger charge is 2.38. The van der Waals surface area contributed by atoms with Gasteiger partial charge < -0.3 is 16.4 Å². The number of hydrogen-bond acceptors (Lipinski definition) is 3. The molecule has 0 bridgehead atoms. The molecular formula is C11H19N3O2. The Balaban J connectivity index is 1.84. The van der Waals surface area contributed by atoms with Crippen molar-refractivity contribution in [2.45, 2.75) is 37.6 Å². The van der Waals surface area contributed by atoms with E-state index in [1.54, 1.807) is 4.90 Å². The lowest BCUT2D eigenvalue weighted by Gasteiger charge is -2.38. The highest BCUT2D eigenvalue weighted by atomic mass is 16.2. The van der Waals surface area contributed by atoms with Crippen molar-refractivity contribution in [1.29, 1.82) is 0 Å². The largest absolute Gasteiger partial charge is 0.369 e. The molecule has 4 N–H and O–H groups in total. The van der Waals surface area contributed by atoms with E-state index in [2.05, 4.69) is 0 Å². The van der Waals surface area contributed by atoms with Crippen LogP contribution in [0.3, 0.4) is 0 Å². The van der Waals surface area contributed by atoms with E-state index in [9.17, 15) is 9.59 Å². The second-order valence-corrected chi connectivity index (χ2v) is 5.12. The second-order valence-electron chi connectivity index (χ2n) is 5.12. The Morgan fingerprint density at radius 2 is 2.06 bits per heavy atom. The highest BCUT2D eigenvalue weighted by Crippen LogP contribution is 2.33. The fourth-order valence-electron chi connectivity index (χ4n) is 2.44. The van der Waals surface area contributed by atoms with Gasteiger partial charge in [0.15, 0.2) is 0 Å². The molecule has 1 atom stereocenters. The summed E-state index contributed by atoms with van der Waals surface area (Å²) in [5.74, 6) is -0.397. The smallest absolute Gasteiger partial charge is 0.224 e. The molecule has 2 amide bonds. The minimum atomic E-state index is -0.304. The average Bonchev–Trinajstić information content (AvgIpc) is 2.64. The van der Waals surface area contributed by atoms with E-state index in [0.717, 1.165) is 19.3 Å². The first-order valence-corrected chi connectivity index (χ1v) is 5.86. The van der Waals surface area contributed by atoms with Gasteiger partial charge in [0.1, 0.15) is 0 Å². The van der Waals surface area contributed by atoms with Crippen LogP contribution in [0.5, 0.6) is 0 Å². The Bertz CT molecular complexity index is 312. The molecule has 5 nitrogen and oxygen atoms in total. The molecule has 0 spiro atoms. The lowest BCUT2D eigenvalue weighted by molar-refractivity contribution is -0.132. The zero-order chi connectivity index (χ0) is 11.8. The summed E-state index contributed by atoms with van der Waals surface area (Å²) in [5.41, 5.74) is 11.0. The lowest BCUT2D eigenvalue weighted by atomic mass is 9.75. The summed E-state index contributed by atoms with van der Waals surface area (Å²) in [6.45, 7) is 1.12. The van der Waals surface area contributed by atoms with Crippen molar-refractivity contribution in [3.8, 4) is 0 Å². The van der Waals surface area contributed by atoms with Crippen LogP contribution in [0, 0.1) is 5.92 Å². The SMILES string of the molecule is NC(=O)C1CCN(C(=O)CC2(N)CCC2)C1. The molecule has 5 heteroatoms. The molecule has 1 saturated heterocycles. The van der Waals surface area contributed by atoms with Crippen LogP contribution in [-0.2, 0) is 9.59 Å². The number of carbonyl (C=O) groups excluding carboxylic acids is 2. The number of carbonyl (C=O) groups is 2. The predicted molar refractivity (Wildman–Crippen MR) is 59.3 cm³/mol. The van der Waals surface area contributed by atoms with E-state index in [0.29, 0.717) is 25.9 Å². The molecule has 1 unspecified atom stereocenters. The average molecular weight is 225 g/mol. The van der Waals surface area contributed by atoms with E-state index in [4.69, 9.17) is 11.5 Å². The normalized spacial score (nSPS) is 27.6. The van der Waals surface area contributed by atoms with Crippen molar-refractivity contribution >= 4 is 11.8 Å². The van der Waals surface area contributed by atoms with Crippen LogP contribution >= 0.6 is 0 Å². The molecule has 1 aliphatic carbocycles. The van der Waals surface area contributed by atoms with Gasteiger partial charge in [-0.15, -0.1) is 0 Å². The fourth-order valence-corrected chi connectivity index (χ4v) is 2.44. The number of likely N-dealkylation sites (tertiary alicyclic amines) is 1. The zero-order valence-corrected chi connectivity index (χ0v) is 9.45. The lowest BCUT2D eigenvalue weighted by Crippen LogP contribution is -2.50. The van der Waals surface area contributed by atoms with Crippen LogP contribution in [-0.4, -0.2) is 35.3 Å². The first kappa shape index (κ1) is 11.4. The molecule has 1 heterocycles. The summed E-state index contributed by atoms with van der Waals surface area (Å²) in [5, 5.41) is 0. The summed E-state index contributed by atoms with van der Waals surface area (Å²) in [6, 6.07) is 0. The third-order valence-corrected chi connectivity index (χ3v) is 3.80. The van der Waals surface area contributed by atoms with Gasteiger partial charge in [0.2, 0.25) is 11.8 Å². The molecule has 2 aliphatic rings. The van der Waals surface area contributed by atoms with Crippen molar-refractivity contribution < 1.29 is 9.59 Å². The number of nitrogens with zero attached hydrogens (tertiary/aromatic N) is 1. The van der Waals surface area contributed by atoms with Crippen LogP contribution in [0.4, 0.5) is 0 Å². The maximum atomic E-state index is 11.9. The molecule has 0 radical (unpaired) electrons. The van der Waals surface area contributed by atoms with Gasteiger partial charge in [0.25, 0.3) is 0 Å². The summed E-state index contributed by atoms with van der Waals surface area (Å²) >= 11 is 0. The monoisotopic (exact) mass is 225 g/mol. The number of hydrogen-bond donors (Lipinski definition) is 2. The Hall–Kier alpha value is -1.10. The molecule has 16 heavy (non-hydrogen) atoms. The van der Waals surface area contributed by atoms with Gasteiger partial charge in [-0.2, -0.15) is 0 Å². The number of nitrogens with two attached hydrogens (primary N) is 2. The molecular weight excluding hydrogens is 206 g/mol.